The summed E-state index contributed by atoms with van der Waals surface area (Å²) in [4.78, 5) is 37.3. The molecule has 0 bridgehead atoms. The van der Waals surface area contributed by atoms with Gasteiger partial charge in [-0.2, -0.15) is 0 Å². The molecule has 1 saturated heterocycles. The number of carbonyl (C=O) groups excluding carboxylic acids is 2. The van der Waals surface area contributed by atoms with Crippen molar-refractivity contribution in [3.05, 3.63) is 99.0 Å². The van der Waals surface area contributed by atoms with Crippen LogP contribution in [0.4, 0.5) is 4.79 Å². The third-order valence-corrected chi connectivity index (χ3v) is 8.58. The zero-order valence-corrected chi connectivity index (χ0v) is 28.0. The first kappa shape index (κ1) is 33.6. The van der Waals surface area contributed by atoms with Crippen LogP contribution in [0.3, 0.4) is 0 Å². The van der Waals surface area contributed by atoms with Crippen LogP contribution in [0.2, 0.25) is 10.0 Å². The Morgan fingerprint density at radius 3 is 1.93 bits per heavy atom. The number of ether oxygens (including phenoxy) is 1. The number of urea groups is 1. The van der Waals surface area contributed by atoms with Gasteiger partial charge in [0, 0.05) is 43.1 Å². The number of nitrogens with zero attached hydrogens (tertiary/aromatic N) is 4. The monoisotopic (exact) mass is 656 g/mol. The summed E-state index contributed by atoms with van der Waals surface area (Å²) >= 11 is 12.6. The molecule has 0 N–H and O–H groups in total. The van der Waals surface area contributed by atoms with Crippen molar-refractivity contribution in [2.75, 3.05) is 32.8 Å². The highest BCUT2D eigenvalue weighted by Crippen LogP contribution is 2.46. The topological polar surface area (TPSA) is 65.5 Å². The average Bonchev–Trinajstić information content (AvgIpc) is 3.37. The highest BCUT2D eigenvalue weighted by Gasteiger charge is 2.45. The van der Waals surface area contributed by atoms with Crippen LogP contribution in [0.15, 0.2) is 71.7 Å². The highest BCUT2D eigenvalue weighted by atomic mass is 35.5. The predicted octanol–water partition coefficient (Wildman–Crippen LogP) is 7.94. The molecule has 3 amide bonds. The van der Waals surface area contributed by atoms with Crippen LogP contribution in [0.25, 0.3) is 0 Å². The fourth-order valence-corrected chi connectivity index (χ4v) is 5.92. The Labute approximate surface area is 276 Å². The quantitative estimate of drug-likeness (QED) is 0.280. The van der Waals surface area contributed by atoms with Crippen molar-refractivity contribution >= 4 is 53.4 Å². The van der Waals surface area contributed by atoms with Crippen LogP contribution in [0.1, 0.15) is 69.0 Å². The van der Waals surface area contributed by atoms with Crippen molar-refractivity contribution in [2.24, 2.45) is 4.99 Å². The van der Waals surface area contributed by atoms with Gasteiger partial charge in [-0.25, -0.2) is 4.79 Å². The molecular weight excluding hydrogens is 619 g/mol. The van der Waals surface area contributed by atoms with Gasteiger partial charge in [-0.1, -0.05) is 74.3 Å². The summed E-state index contributed by atoms with van der Waals surface area (Å²) < 4.78 is 6.20. The Kier molecular flexibility index (Phi) is 10.5. The smallest absolute Gasteiger partial charge is 0.326 e. The van der Waals surface area contributed by atoms with E-state index >= 15 is 0 Å². The minimum absolute atomic E-state index is 0. The second kappa shape index (κ2) is 13.8. The molecule has 0 radical (unpaired) electrons. The Bertz CT molecular complexity index is 1510. The maximum absolute atomic E-state index is 14.6. The molecule has 2 aliphatic rings. The largest absolute Gasteiger partial charge is 0.493 e. The van der Waals surface area contributed by atoms with Crippen LogP contribution in [0.5, 0.6) is 5.75 Å². The number of benzene rings is 3. The summed E-state index contributed by atoms with van der Waals surface area (Å²) in [7, 11) is 0. The lowest BCUT2D eigenvalue weighted by Crippen LogP contribution is -2.54. The van der Waals surface area contributed by atoms with E-state index in [1.54, 1.807) is 16.7 Å². The summed E-state index contributed by atoms with van der Waals surface area (Å²) in [5.74, 6) is 1.24. The number of piperazine rings is 1. The summed E-state index contributed by atoms with van der Waals surface area (Å²) in [6.07, 6.45) is 0. The van der Waals surface area contributed by atoms with Crippen molar-refractivity contribution < 1.29 is 14.3 Å². The van der Waals surface area contributed by atoms with E-state index in [0.29, 0.717) is 54.4 Å². The van der Waals surface area contributed by atoms with E-state index in [1.165, 1.54) is 0 Å². The van der Waals surface area contributed by atoms with E-state index in [-0.39, 0.29) is 29.8 Å². The van der Waals surface area contributed by atoms with Gasteiger partial charge < -0.3 is 14.5 Å². The molecule has 2 atom stereocenters. The first-order valence-electron chi connectivity index (χ1n) is 14.7. The number of hydrogen-bond donors (Lipinski definition) is 0. The molecule has 10 heteroatoms. The summed E-state index contributed by atoms with van der Waals surface area (Å²) in [6.45, 7) is 12.3. The second-order valence-electron chi connectivity index (χ2n) is 12.0. The maximum Gasteiger partial charge on any atom is 0.326 e. The van der Waals surface area contributed by atoms with E-state index in [0.717, 1.165) is 22.3 Å². The number of amides is 3. The van der Waals surface area contributed by atoms with Crippen molar-refractivity contribution in [3.63, 3.8) is 0 Å². The molecule has 2 heterocycles. The molecule has 7 nitrogen and oxygen atoms in total. The zero-order valence-electron chi connectivity index (χ0n) is 25.7. The van der Waals surface area contributed by atoms with Crippen molar-refractivity contribution in [2.45, 2.75) is 52.1 Å². The SMILES string of the molecule is CCOc1cc(C(C)(C)C)ccc1C1=N[C@@H](c2ccc(Cl)cc2)[C@@H](c2ccc(Cl)cc2)N1C(=O)N1CCN(C(C)=O)CC1.Cl. The molecule has 3 aromatic carbocycles. The number of rotatable bonds is 5. The van der Waals surface area contributed by atoms with E-state index in [4.69, 9.17) is 32.9 Å². The minimum atomic E-state index is -0.455. The van der Waals surface area contributed by atoms with E-state index in [9.17, 15) is 9.59 Å². The first-order chi connectivity index (χ1) is 20.5. The molecule has 44 heavy (non-hydrogen) atoms. The third-order valence-electron chi connectivity index (χ3n) is 8.08. The van der Waals surface area contributed by atoms with Crippen LogP contribution in [-0.4, -0.2) is 65.3 Å². The standard InChI is InChI=1S/C34H38Cl2N4O3.ClH/c1-6-43-29-21-25(34(3,4)5)11-16-28(29)32-37-30(23-7-12-26(35)13-8-23)31(24-9-14-27(36)15-10-24)40(32)33(42)39-19-17-38(18-20-39)22(2)41;/h7-16,21,30-31H,6,17-20H2,1-5H3;1H/t30-,31+;/m0./s1. The van der Waals surface area contributed by atoms with Gasteiger partial charge in [-0.05, 0) is 65.4 Å². The normalized spacial score (nSPS) is 18.5. The van der Waals surface area contributed by atoms with Gasteiger partial charge in [0.05, 0.1) is 18.2 Å². The summed E-state index contributed by atoms with van der Waals surface area (Å²) in [5, 5.41) is 1.24. The van der Waals surface area contributed by atoms with Crippen LogP contribution in [0, 0.1) is 0 Å². The zero-order chi connectivity index (χ0) is 30.9. The minimum Gasteiger partial charge on any atom is -0.493 e. The molecule has 0 unspecified atom stereocenters. The molecular formula is C34H39Cl3N4O3. The second-order valence-corrected chi connectivity index (χ2v) is 12.9. The predicted molar refractivity (Wildman–Crippen MR) is 180 cm³/mol. The van der Waals surface area contributed by atoms with Gasteiger partial charge in [-0.15, -0.1) is 12.4 Å². The number of carbonyl (C=O) groups is 2. The first-order valence-corrected chi connectivity index (χ1v) is 15.4. The Morgan fingerprint density at radius 2 is 1.41 bits per heavy atom. The molecule has 0 aliphatic carbocycles. The van der Waals surface area contributed by atoms with E-state index in [1.807, 2.05) is 66.4 Å². The third kappa shape index (κ3) is 7.01. The van der Waals surface area contributed by atoms with Crippen LogP contribution < -0.4 is 4.74 Å². The Hall–Kier alpha value is -3.26. The number of halogens is 3. The molecule has 5 rings (SSSR count). The van der Waals surface area contributed by atoms with Crippen molar-refractivity contribution in [1.29, 1.82) is 0 Å². The van der Waals surface area contributed by atoms with E-state index in [2.05, 4.69) is 32.9 Å². The molecule has 0 spiro atoms. The van der Waals surface area contributed by atoms with E-state index < -0.39 is 12.1 Å². The lowest BCUT2D eigenvalue weighted by atomic mass is 9.86. The van der Waals surface area contributed by atoms with Gasteiger partial charge in [0.15, 0.2) is 0 Å². The molecule has 1 fully saturated rings. The number of hydrogen-bond acceptors (Lipinski definition) is 4. The van der Waals surface area contributed by atoms with Gasteiger partial charge in [0.25, 0.3) is 0 Å². The Morgan fingerprint density at radius 1 is 0.864 bits per heavy atom. The van der Waals surface area contributed by atoms with Gasteiger partial charge in [0.1, 0.15) is 17.6 Å². The van der Waals surface area contributed by atoms with Gasteiger partial charge in [-0.3, -0.25) is 14.7 Å². The molecule has 234 valence electrons. The number of aliphatic imine (C=N–C) groups is 1. The Balaban J connectivity index is 0.00000442. The maximum atomic E-state index is 14.6. The van der Waals surface area contributed by atoms with Crippen molar-refractivity contribution in [3.8, 4) is 5.75 Å². The molecule has 2 aliphatic heterocycles. The molecule has 0 saturated carbocycles. The van der Waals surface area contributed by atoms with Crippen LogP contribution >= 0.6 is 35.6 Å². The van der Waals surface area contributed by atoms with Gasteiger partial charge in [0.2, 0.25) is 5.91 Å². The molecule has 0 aromatic heterocycles. The van der Waals surface area contributed by atoms with Gasteiger partial charge >= 0.3 is 6.03 Å². The lowest BCUT2D eigenvalue weighted by molar-refractivity contribution is -0.130. The number of amidine groups is 1. The highest BCUT2D eigenvalue weighted by molar-refractivity contribution is 6.30. The van der Waals surface area contributed by atoms with Crippen LogP contribution in [-0.2, 0) is 10.2 Å². The fourth-order valence-electron chi connectivity index (χ4n) is 5.67. The summed E-state index contributed by atoms with van der Waals surface area (Å²) in [5.41, 5.74) is 3.62. The lowest BCUT2D eigenvalue weighted by Gasteiger charge is -2.39. The average molecular weight is 658 g/mol. The molecule has 3 aromatic rings. The fraction of sp³-hybridized carbons (Fsp3) is 0.382. The van der Waals surface area contributed by atoms with Crippen molar-refractivity contribution in [1.82, 2.24) is 14.7 Å². The summed E-state index contributed by atoms with van der Waals surface area (Å²) in [6, 6.07) is 20.3.